The highest BCUT2D eigenvalue weighted by Crippen LogP contribution is 2.44. The number of anilines is 1. The lowest BCUT2D eigenvalue weighted by Crippen LogP contribution is -2.33. The number of hydrogen-bond acceptors (Lipinski definition) is 6. The van der Waals surface area contributed by atoms with Gasteiger partial charge >= 0.3 is 12.1 Å². The van der Waals surface area contributed by atoms with Crippen molar-refractivity contribution >= 4 is 34.4 Å². The molecule has 0 radical (unpaired) electrons. The Kier molecular flexibility index (Phi) is 6.18. The third-order valence-electron chi connectivity index (χ3n) is 5.14. The molecule has 8 nitrogen and oxygen atoms in total. The number of rotatable bonds is 7. The molecule has 1 aromatic heterocycles. The van der Waals surface area contributed by atoms with Crippen LogP contribution in [0, 0.1) is 0 Å². The van der Waals surface area contributed by atoms with E-state index in [-0.39, 0.29) is 29.0 Å². The van der Waals surface area contributed by atoms with Gasteiger partial charge in [0.2, 0.25) is 0 Å². The molecule has 1 heterocycles. The number of carbonyl (C=O) groups excluding carboxylic acids is 2. The van der Waals surface area contributed by atoms with E-state index >= 15 is 0 Å². The van der Waals surface area contributed by atoms with Crippen molar-refractivity contribution in [1.29, 1.82) is 0 Å². The Hall–Kier alpha value is -3.72. The van der Waals surface area contributed by atoms with Crippen molar-refractivity contribution < 1.29 is 24.2 Å². The molecule has 9 heteroatoms. The van der Waals surface area contributed by atoms with Gasteiger partial charge in [-0.25, -0.2) is 9.78 Å². The van der Waals surface area contributed by atoms with Crippen molar-refractivity contribution in [2.75, 3.05) is 11.9 Å². The van der Waals surface area contributed by atoms with Gasteiger partial charge in [0, 0.05) is 12.0 Å². The van der Waals surface area contributed by atoms with Crippen LogP contribution in [0.3, 0.4) is 0 Å². The largest absolute Gasteiger partial charge is 0.481 e. The molecule has 2 amide bonds. The van der Waals surface area contributed by atoms with E-state index in [2.05, 4.69) is 27.8 Å². The van der Waals surface area contributed by atoms with Gasteiger partial charge < -0.3 is 15.2 Å². The summed E-state index contributed by atoms with van der Waals surface area (Å²) in [7, 11) is 0. The first-order chi connectivity index (χ1) is 15.4. The Morgan fingerprint density at radius 2 is 1.72 bits per heavy atom. The summed E-state index contributed by atoms with van der Waals surface area (Å²) in [6.07, 6.45) is 0.481. The summed E-state index contributed by atoms with van der Waals surface area (Å²) in [6.45, 7) is 1.77. The van der Waals surface area contributed by atoms with Gasteiger partial charge in [-0.15, -0.1) is 0 Å². The second-order valence-corrected chi connectivity index (χ2v) is 8.48. The predicted octanol–water partition coefficient (Wildman–Crippen LogP) is 4.10. The van der Waals surface area contributed by atoms with Crippen molar-refractivity contribution in [3.63, 3.8) is 0 Å². The number of aliphatic carboxylic acids is 1. The Labute approximate surface area is 188 Å². The number of thiazole rings is 1. The smallest absolute Gasteiger partial charge is 0.413 e. The van der Waals surface area contributed by atoms with Crippen LogP contribution in [0.5, 0.6) is 0 Å². The summed E-state index contributed by atoms with van der Waals surface area (Å²) < 4.78 is 5.47. The van der Waals surface area contributed by atoms with Gasteiger partial charge in [-0.1, -0.05) is 59.9 Å². The predicted molar refractivity (Wildman–Crippen MR) is 120 cm³/mol. The van der Waals surface area contributed by atoms with E-state index in [0.717, 1.165) is 33.6 Å². The molecule has 1 aliphatic rings. The maximum Gasteiger partial charge on any atom is 0.413 e. The van der Waals surface area contributed by atoms with Crippen LogP contribution in [0.1, 0.15) is 40.1 Å². The van der Waals surface area contributed by atoms with E-state index in [9.17, 15) is 14.4 Å². The zero-order valence-corrected chi connectivity index (χ0v) is 18.0. The molecular formula is C23H21N3O5S. The summed E-state index contributed by atoms with van der Waals surface area (Å²) in [4.78, 5) is 39.5. The molecule has 1 atom stereocenters. The first-order valence-corrected chi connectivity index (χ1v) is 10.8. The second kappa shape index (κ2) is 9.19. The molecule has 0 unspecified atom stereocenters. The number of carboxylic acid groups (broad SMARTS) is 1. The molecule has 0 saturated carbocycles. The van der Waals surface area contributed by atoms with Crippen LogP contribution in [-0.4, -0.2) is 40.7 Å². The van der Waals surface area contributed by atoms with Gasteiger partial charge in [-0.2, -0.15) is 0 Å². The van der Waals surface area contributed by atoms with Crippen molar-refractivity contribution in [3.05, 3.63) is 70.7 Å². The zero-order valence-electron chi connectivity index (χ0n) is 17.2. The van der Waals surface area contributed by atoms with Crippen LogP contribution in [0.15, 0.2) is 54.7 Å². The minimum atomic E-state index is -1.00. The zero-order chi connectivity index (χ0) is 22.7. The van der Waals surface area contributed by atoms with E-state index < -0.39 is 24.0 Å². The van der Waals surface area contributed by atoms with Crippen molar-refractivity contribution in [2.45, 2.75) is 25.3 Å². The van der Waals surface area contributed by atoms with E-state index in [1.807, 2.05) is 36.4 Å². The number of nitrogens with one attached hydrogen (secondary N) is 2. The molecule has 3 N–H and O–H groups in total. The lowest BCUT2D eigenvalue weighted by Gasteiger charge is -2.14. The van der Waals surface area contributed by atoms with Crippen LogP contribution in [0.4, 0.5) is 9.93 Å². The number of fused-ring (bicyclic) bond motifs is 3. The van der Waals surface area contributed by atoms with Gasteiger partial charge in [-0.05, 0) is 29.2 Å². The fourth-order valence-corrected chi connectivity index (χ4v) is 4.47. The van der Waals surface area contributed by atoms with Gasteiger partial charge in [-0.3, -0.25) is 14.9 Å². The summed E-state index contributed by atoms with van der Waals surface area (Å²) in [5, 5.41) is 14.1. The topological polar surface area (TPSA) is 118 Å². The fourth-order valence-electron chi connectivity index (χ4n) is 3.77. The number of amides is 2. The molecule has 32 heavy (non-hydrogen) atoms. The lowest BCUT2D eigenvalue weighted by molar-refractivity contribution is -0.137. The quantitative estimate of drug-likeness (QED) is 0.498. The van der Waals surface area contributed by atoms with Crippen LogP contribution in [-0.2, 0) is 9.53 Å². The van der Waals surface area contributed by atoms with E-state index in [4.69, 9.17) is 9.84 Å². The Morgan fingerprint density at radius 3 is 2.34 bits per heavy atom. The van der Waals surface area contributed by atoms with E-state index in [1.165, 1.54) is 6.20 Å². The third kappa shape index (κ3) is 4.62. The molecule has 2 aromatic carbocycles. The highest BCUT2D eigenvalue weighted by Gasteiger charge is 2.29. The second-order valence-electron chi connectivity index (χ2n) is 7.45. The Balaban J connectivity index is 1.35. The van der Waals surface area contributed by atoms with Gasteiger partial charge in [0.25, 0.3) is 5.91 Å². The number of carboxylic acids is 1. The molecular weight excluding hydrogens is 430 g/mol. The minimum Gasteiger partial charge on any atom is -0.481 e. The highest BCUT2D eigenvalue weighted by molar-refractivity contribution is 7.17. The Morgan fingerprint density at radius 1 is 1.09 bits per heavy atom. The summed E-state index contributed by atoms with van der Waals surface area (Å²) in [6, 6.07) is 15.6. The first kappa shape index (κ1) is 21.5. The number of nitrogens with zero attached hydrogens (tertiary/aromatic N) is 1. The number of carbonyl (C=O) groups is 3. The van der Waals surface area contributed by atoms with Crippen LogP contribution < -0.4 is 10.6 Å². The SMILES string of the molecule is C[C@H](CC(=O)O)NC(=O)c1cnc(NC(=O)OCC2c3ccccc3-c3ccccc32)s1. The highest BCUT2D eigenvalue weighted by atomic mass is 32.1. The summed E-state index contributed by atoms with van der Waals surface area (Å²) in [5.41, 5.74) is 4.52. The third-order valence-corrected chi connectivity index (χ3v) is 6.05. The molecule has 164 valence electrons. The molecule has 0 spiro atoms. The monoisotopic (exact) mass is 451 g/mol. The average Bonchev–Trinajstić information content (AvgIpc) is 3.34. The molecule has 0 aliphatic heterocycles. The summed E-state index contributed by atoms with van der Waals surface area (Å²) in [5.74, 6) is -1.50. The van der Waals surface area contributed by atoms with Crippen LogP contribution in [0.2, 0.25) is 0 Å². The molecule has 1 aliphatic carbocycles. The maximum atomic E-state index is 12.3. The van der Waals surface area contributed by atoms with Crippen molar-refractivity contribution in [3.8, 4) is 11.1 Å². The maximum absolute atomic E-state index is 12.3. The van der Waals surface area contributed by atoms with Crippen LogP contribution >= 0.6 is 11.3 Å². The van der Waals surface area contributed by atoms with Crippen molar-refractivity contribution in [1.82, 2.24) is 10.3 Å². The Bertz CT molecular complexity index is 1130. The normalized spacial score (nSPS) is 13.0. The van der Waals surface area contributed by atoms with Gasteiger partial charge in [0.05, 0.1) is 12.6 Å². The molecule has 3 aromatic rings. The van der Waals surface area contributed by atoms with Gasteiger partial charge in [0.15, 0.2) is 5.13 Å². The standard InChI is InChI=1S/C23H21N3O5S/c1-13(10-20(27)28)25-21(29)19-11-24-22(32-19)26-23(30)31-12-18-16-8-4-2-6-14(16)15-7-3-5-9-17(15)18/h2-9,11,13,18H,10,12H2,1H3,(H,25,29)(H,27,28)(H,24,26,30)/t13-/m1/s1. The first-order valence-electron chi connectivity index (χ1n) is 10.0. The molecule has 4 rings (SSSR count). The summed E-state index contributed by atoms with van der Waals surface area (Å²) >= 11 is 0.983. The molecule has 0 bridgehead atoms. The van der Waals surface area contributed by atoms with Crippen LogP contribution in [0.25, 0.3) is 11.1 Å². The minimum absolute atomic E-state index is 0.0542. The number of ether oxygens (including phenoxy) is 1. The average molecular weight is 452 g/mol. The van der Waals surface area contributed by atoms with E-state index in [0.29, 0.717) is 0 Å². The van der Waals surface area contributed by atoms with Crippen molar-refractivity contribution in [2.24, 2.45) is 0 Å². The number of hydrogen-bond donors (Lipinski definition) is 3. The number of aromatic nitrogens is 1. The lowest BCUT2D eigenvalue weighted by atomic mass is 9.98. The number of benzene rings is 2. The fraction of sp³-hybridized carbons (Fsp3) is 0.217. The van der Waals surface area contributed by atoms with E-state index in [1.54, 1.807) is 6.92 Å². The van der Waals surface area contributed by atoms with Gasteiger partial charge in [0.1, 0.15) is 11.5 Å². The molecule has 0 saturated heterocycles. The molecule has 0 fully saturated rings.